The second kappa shape index (κ2) is 5.96. The number of ether oxygens (including phenoxy) is 2. The first kappa shape index (κ1) is 13.0. The van der Waals surface area contributed by atoms with E-state index in [1.165, 1.54) is 18.5 Å². The van der Waals surface area contributed by atoms with Gasteiger partial charge in [-0.3, -0.25) is 4.98 Å². The van der Waals surface area contributed by atoms with Crippen LogP contribution >= 0.6 is 0 Å². The maximum atomic E-state index is 11.0. The van der Waals surface area contributed by atoms with Crippen LogP contribution in [-0.4, -0.2) is 28.3 Å². The molecular weight excluding hydrogens is 252 g/mol. The second-order valence-corrected chi connectivity index (χ2v) is 3.68. The van der Waals surface area contributed by atoms with Crippen molar-refractivity contribution in [2.75, 3.05) is 7.11 Å². The smallest absolute Gasteiger partial charge is 0.339 e. The molecule has 0 saturated carbocycles. The average Bonchev–Trinajstić information content (AvgIpc) is 2.85. The Kier molecular flexibility index (Phi) is 4.09. The van der Waals surface area contributed by atoms with Crippen molar-refractivity contribution in [1.82, 2.24) is 10.1 Å². The SMILES string of the molecule is COCc1cc(COc2cnccc2C(=O)O)no1. The topological polar surface area (TPSA) is 94.7 Å². The summed E-state index contributed by atoms with van der Waals surface area (Å²) in [5.74, 6) is -0.310. The van der Waals surface area contributed by atoms with Crippen molar-refractivity contribution in [2.24, 2.45) is 0 Å². The van der Waals surface area contributed by atoms with E-state index in [2.05, 4.69) is 10.1 Å². The van der Waals surface area contributed by atoms with Gasteiger partial charge in [0, 0.05) is 19.4 Å². The Balaban J connectivity index is 2.03. The highest BCUT2D eigenvalue weighted by atomic mass is 16.5. The quantitative estimate of drug-likeness (QED) is 0.844. The van der Waals surface area contributed by atoms with Crippen molar-refractivity contribution < 1.29 is 23.9 Å². The molecule has 0 aliphatic carbocycles. The number of hydrogen-bond donors (Lipinski definition) is 1. The van der Waals surface area contributed by atoms with Gasteiger partial charge in [0.25, 0.3) is 0 Å². The number of nitrogens with zero attached hydrogens (tertiary/aromatic N) is 2. The fraction of sp³-hybridized carbons (Fsp3) is 0.250. The number of carboxylic acids is 1. The largest absolute Gasteiger partial charge is 0.485 e. The monoisotopic (exact) mass is 264 g/mol. The molecule has 0 fully saturated rings. The Morgan fingerprint density at radius 2 is 2.32 bits per heavy atom. The molecule has 2 aromatic heterocycles. The predicted molar refractivity (Wildman–Crippen MR) is 62.7 cm³/mol. The van der Waals surface area contributed by atoms with Crippen LogP contribution in [0.3, 0.4) is 0 Å². The summed E-state index contributed by atoms with van der Waals surface area (Å²) in [6.45, 7) is 0.416. The van der Waals surface area contributed by atoms with Gasteiger partial charge in [0.15, 0.2) is 11.5 Å². The van der Waals surface area contributed by atoms with E-state index in [9.17, 15) is 4.79 Å². The van der Waals surface area contributed by atoms with Crippen molar-refractivity contribution in [3.63, 3.8) is 0 Å². The normalized spacial score (nSPS) is 10.4. The van der Waals surface area contributed by atoms with Gasteiger partial charge in [0.05, 0.1) is 6.20 Å². The Morgan fingerprint density at radius 1 is 1.47 bits per heavy atom. The zero-order valence-electron chi connectivity index (χ0n) is 10.2. The number of rotatable bonds is 6. The van der Waals surface area contributed by atoms with Crippen LogP contribution in [0.4, 0.5) is 0 Å². The number of pyridine rings is 1. The van der Waals surface area contributed by atoms with Gasteiger partial charge < -0.3 is 19.1 Å². The summed E-state index contributed by atoms with van der Waals surface area (Å²) < 4.78 is 15.2. The van der Waals surface area contributed by atoms with E-state index in [1.807, 2.05) is 0 Å². The summed E-state index contributed by atoms with van der Waals surface area (Å²) >= 11 is 0. The third kappa shape index (κ3) is 3.29. The van der Waals surface area contributed by atoms with Crippen LogP contribution in [0.25, 0.3) is 0 Å². The first-order valence-corrected chi connectivity index (χ1v) is 5.44. The molecule has 0 saturated heterocycles. The maximum Gasteiger partial charge on any atom is 0.339 e. The highest BCUT2D eigenvalue weighted by molar-refractivity contribution is 5.90. The van der Waals surface area contributed by atoms with E-state index in [0.717, 1.165) is 0 Å². The summed E-state index contributed by atoms with van der Waals surface area (Å²) in [6.07, 6.45) is 2.74. The molecule has 0 bridgehead atoms. The van der Waals surface area contributed by atoms with Gasteiger partial charge in [-0.25, -0.2) is 4.79 Å². The van der Waals surface area contributed by atoms with E-state index >= 15 is 0 Å². The average molecular weight is 264 g/mol. The molecular formula is C12H12N2O5. The number of aromatic carboxylic acids is 1. The lowest BCUT2D eigenvalue weighted by Crippen LogP contribution is -2.03. The molecule has 100 valence electrons. The van der Waals surface area contributed by atoms with Gasteiger partial charge in [0.2, 0.25) is 0 Å². The highest BCUT2D eigenvalue weighted by Crippen LogP contribution is 2.18. The zero-order valence-corrected chi connectivity index (χ0v) is 10.2. The molecule has 0 atom stereocenters. The Labute approximate surface area is 108 Å². The van der Waals surface area contributed by atoms with Crippen molar-refractivity contribution in [2.45, 2.75) is 13.2 Å². The fourth-order valence-electron chi connectivity index (χ4n) is 1.46. The third-order valence-corrected chi connectivity index (χ3v) is 2.28. The Bertz CT molecular complexity index is 567. The van der Waals surface area contributed by atoms with Crippen LogP contribution in [0.15, 0.2) is 29.0 Å². The summed E-state index contributed by atoms with van der Waals surface area (Å²) in [7, 11) is 1.55. The minimum Gasteiger partial charge on any atom is -0.485 e. The summed E-state index contributed by atoms with van der Waals surface area (Å²) in [5, 5.41) is 12.8. The molecule has 0 amide bonds. The van der Waals surface area contributed by atoms with E-state index in [4.69, 9.17) is 19.1 Å². The summed E-state index contributed by atoms with van der Waals surface area (Å²) in [6, 6.07) is 3.05. The van der Waals surface area contributed by atoms with Gasteiger partial charge in [0.1, 0.15) is 24.5 Å². The van der Waals surface area contributed by atoms with E-state index in [-0.39, 0.29) is 17.9 Å². The van der Waals surface area contributed by atoms with Crippen LogP contribution in [0.1, 0.15) is 21.8 Å². The van der Waals surface area contributed by atoms with E-state index < -0.39 is 5.97 Å². The van der Waals surface area contributed by atoms with Crippen molar-refractivity contribution >= 4 is 5.97 Å². The van der Waals surface area contributed by atoms with Crippen LogP contribution < -0.4 is 4.74 Å². The third-order valence-electron chi connectivity index (χ3n) is 2.28. The molecule has 0 unspecified atom stereocenters. The lowest BCUT2D eigenvalue weighted by atomic mass is 10.2. The number of carbonyl (C=O) groups is 1. The van der Waals surface area contributed by atoms with Crippen molar-refractivity contribution in [3.05, 3.63) is 41.5 Å². The summed E-state index contributed by atoms with van der Waals surface area (Å²) in [4.78, 5) is 14.8. The molecule has 0 aromatic carbocycles. The predicted octanol–water partition coefficient (Wildman–Crippen LogP) is 1.49. The Hall–Kier alpha value is -2.41. The lowest BCUT2D eigenvalue weighted by Gasteiger charge is -2.05. The standard InChI is InChI=1S/C12H12N2O5/c1-17-7-9-4-8(14-19-9)6-18-11-5-13-3-2-10(11)12(15)16/h2-5H,6-7H2,1H3,(H,15,16). The van der Waals surface area contributed by atoms with Crippen molar-refractivity contribution in [1.29, 1.82) is 0 Å². The molecule has 0 radical (unpaired) electrons. The first-order valence-electron chi connectivity index (χ1n) is 5.44. The maximum absolute atomic E-state index is 11.0. The van der Waals surface area contributed by atoms with Crippen LogP contribution in [0, 0.1) is 0 Å². The highest BCUT2D eigenvalue weighted by Gasteiger charge is 2.12. The van der Waals surface area contributed by atoms with Gasteiger partial charge in [-0.15, -0.1) is 0 Å². The van der Waals surface area contributed by atoms with Gasteiger partial charge in [-0.05, 0) is 6.07 Å². The number of methoxy groups -OCH3 is 1. The van der Waals surface area contributed by atoms with Crippen LogP contribution in [0.2, 0.25) is 0 Å². The minimum atomic E-state index is -1.07. The molecule has 7 heteroatoms. The first-order chi connectivity index (χ1) is 9.20. The molecule has 0 aliphatic rings. The molecule has 2 heterocycles. The number of carboxylic acid groups (broad SMARTS) is 1. The molecule has 1 N–H and O–H groups in total. The van der Waals surface area contributed by atoms with E-state index in [0.29, 0.717) is 18.1 Å². The zero-order chi connectivity index (χ0) is 13.7. The lowest BCUT2D eigenvalue weighted by molar-refractivity contribution is 0.0691. The molecule has 0 aliphatic heterocycles. The van der Waals surface area contributed by atoms with Gasteiger partial charge in [-0.2, -0.15) is 0 Å². The van der Waals surface area contributed by atoms with Crippen molar-refractivity contribution in [3.8, 4) is 5.75 Å². The van der Waals surface area contributed by atoms with Gasteiger partial charge >= 0.3 is 5.97 Å². The van der Waals surface area contributed by atoms with Crippen LogP contribution in [-0.2, 0) is 18.0 Å². The molecule has 2 rings (SSSR count). The Morgan fingerprint density at radius 3 is 3.05 bits per heavy atom. The molecule has 0 spiro atoms. The van der Waals surface area contributed by atoms with Crippen LogP contribution in [0.5, 0.6) is 5.75 Å². The molecule has 2 aromatic rings. The van der Waals surface area contributed by atoms with Gasteiger partial charge in [-0.1, -0.05) is 5.16 Å². The fourth-order valence-corrected chi connectivity index (χ4v) is 1.46. The number of aromatic nitrogens is 2. The summed E-state index contributed by atoms with van der Waals surface area (Å²) in [5.41, 5.74) is 0.600. The number of hydrogen-bond acceptors (Lipinski definition) is 6. The molecule has 19 heavy (non-hydrogen) atoms. The van der Waals surface area contributed by atoms with E-state index in [1.54, 1.807) is 13.2 Å². The second-order valence-electron chi connectivity index (χ2n) is 3.68. The molecule has 7 nitrogen and oxygen atoms in total. The minimum absolute atomic E-state index is 0.0515.